The number of hydrogen-bond donors (Lipinski definition) is 1. The van der Waals surface area contributed by atoms with E-state index < -0.39 is 5.97 Å². The van der Waals surface area contributed by atoms with E-state index in [9.17, 15) is 9.59 Å². The van der Waals surface area contributed by atoms with Gasteiger partial charge in [0.2, 0.25) is 0 Å². The lowest BCUT2D eigenvalue weighted by atomic mass is 9.97. The second-order valence-corrected chi connectivity index (χ2v) is 5.24. The molecule has 0 fully saturated rings. The number of carboxylic acid groups (broad SMARTS) is 1. The van der Waals surface area contributed by atoms with Crippen LogP contribution in [0.4, 0.5) is 0 Å². The number of fused-ring (bicyclic) bond motifs is 1. The van der Waals surface area contributed by atoms with E-state index in [4.69, 9.17) is 9.52 Å². The molecule has 0 spiro atoms. The molecule has 1 aromatic heterocycles. The molecule has 1 N–H and O–H groups in total. The molecule has 2 aromatic rings. The summed E-state index contributed by atoms with van der Waals surface area (Å²) >= 11 is 0. The molecule has 1 aliphatic heterocycles. The third-order valence-corrected chi connectivity index (χ3v) is 3.92. The molecule has 0 atom stereocenters. The molecule has 0 bridgehead atoms. The zero-order chi connectivity index (χ0) is 15.7. The summed E-state index contributed by atoms with van der Waals surface area (Å²) < 4.78 is 5.21. The average molecular weight is 300 g/mol. The highest BCUT2D eigenvalue weighted by Crippen LogP contribution is 2.22. The summed E-state index contributed by atoms with van der Waals surface area (Å²) in [6.07, 6.45) is 2.60. The van der Waals surface area contributed by atoms with Crippen molar-refractivity contribution in [3.05, 3.63) is 52.7 Å². The molecule has 0 saturated heterocycles. The highest BCUT2D eigenvalue weighted by Gasteiger charge is 2.26. The number of oxazole rings is 1. The van der Waals surface area contributed by atoms with E-state index in [2.05, 4.69) is 4.98 Å². The highest BCUT2D eigenvalue weighted by atomic mass is 16.4. The average Bonchev–Trinajstić information content (AvgIpc) is 3.01. The van der Waals surface area contributed by atoms with Crippen molar-refractivity contribution in [2.24, 2.45) is 0 Å². The lowest BCUT2D eigenvalue weighted by Gasteiger charge is -2.28. The minimum absolute atomic E-state index is 0.169. The predicted molar refractivity (Wildman–Crippen MR) is 77.7 cm³/mol. The topological polar surface area (TPSA) is 83.6 Å². The van der Waals surface area contributed by atoms with Gasteiger partial charge in [-0.1, -0.05) is 13.0 Å². The van der Waals surface area contributed by atoms with E-state index in [0.29, 0.717) is 37.4 Å². The van der Waals surface area contributed by atoms with Crippen LogP contribution in [-0.2, 0) is 19.4 Å². The summed E-state index contributed by atoms with van der Waals surface area (Å²) in [5, 5.41) is 9.08. The van der Waals surface area contributed by atoms with Crippen molar-refractivity contribution in [2.75, 3.05) is 6.54 Å². The fourth-order valence-electron chi connectivity index (χ4n) is 2.71. The molecule has 0 radical (unpaired) electrons. The normalized spacial score (nSPS) is 13.8. The van der Waals surface area contributed by atoms with Gasteiger partial charge in [-0.3, -0.25) is 4.79 Å². The van der Waals surface area contributed by atoms with Crippen LogP contribution >= 0.6 is 0 Å². The molecule has 3 rings (SSSR count). The maximum absolute atomic E-state index is 12.6. The summed E-state index contributed by atoms with van der Waals surface area (Å²) in [5.41, 5.74) is 2.55. The molecule has 6 heteroatoms. The molecule has 0 unspecified atom stereocenters. The van der Waals surface area contributed by atoms with Crippen LogP contribution in [0.3, 0.4) is 0 Å². The Kier molecular flexibility index (Phi) is 3.66. The summed E-state index contributed by atoms with van der Waals surface area (Å²) in [6, 6.07) is 5.07. The van der Waals surface area contributed by atoms with Crippen molar-refractivity contribution in [3.63, 3.8) is 0 Å². The first kappa shape index (κ1) is 14.3. The number of nitrogens with zero attached hydrogens (tertiary/aromatic N) is 2. The lowest BCUT2D eigenvalue weighted by Crippen LogP contribution is -2.36. The Balaban J connectivity index is 1.86. The van der Waals surface area contributed by atoms with Crippen molar-refractivity contribution >= 4 is 11.9 Å². The lowest BCUT2D eigenvalue weighted by molar-refractivity contribution is 0.0696. The number of benzene rings is 1. The molecule has 1 aromatic carbocycles. The molecular formula is C16H16N2O4. The van der Waals surface area contributed by atoms with E-state index in [1.165, 1.54) is 6.39 Å². The minimum Gasteiger partial charge on any atom is -0.478 e. The Labute approximate surface area is 127 Å². The van der Waals surface area contributed by atoms with Crippen molar-refractivity contribution in [2.45, 2.75) is 26.3 Å². The fourth-order valence-corrected chi connectivity index (χ4v) is 2.71. The predicted octanol–water partition coefficient (Wildman–Crippen LogP) is 2.13. The van der Waals surface area contributed by atoms with Crippen LogP contribution in [-0.4, -0.2) is 33.4 Å². The van der Waals surface area contributed by atoms with Crippen molar-refractivity contribution < 1.29 is 19.1 Å². The van der Waals surface area contributed by atoms with Crippen LogP contribution in [0.5, 0.6) is 0 Å². The molecule has 0 saturated carbocycles. The first-order valence-corrected chi connectivity index (χ1v) is 7.17. The Bertz CT molecular complexity index is 735. The zero-order valence-corrected chi connectivity index (χ0v) is 12.2. The Hall–Kier alpha value is -2.63. The SMILES string of the molecule is CCc1ocnc1C(=O)N1CCc2ccc(C(=O)O)cc2C1. The molecule has 1 amide bonds. The van der Waals surface area contributed by atoms with Crippen LogP contribution < -0.4 is 0 Å². The van der Waals surface area contributed by atoms with Crippen LogP contribution in [0, 0.1) is 0 Å². The molecule has 1 aliphatic rings. The molecule has 114 valence electrons. The number of hydrogen-bond acceptors (Lipinski definition) is 4. The third kappa shape index (κ3) is 2.47. The zero-order valence-electron chi connectivity index (χ0n) is 12.2. The largest absolute Gasteiger partial charge is 0.478 e. The Morgan fingerprint density at radius 1 is 1.36 bits per heavy atom. The van der Waals surface area contributed by atoms with Crippen molar-refractivity contribution in [3.8, 4) is 0 Å². The van der Waals surface area contributed by atoms with Gasteiger partial charge >= 0.3 is 5.97 Å². The van der Waals surface area contributed by atoms with Gasteiger partial charge in [0, 0.05) is 19.5 Å². The van der Waals surface area contributed by atoms with Gasteiger partial charge in [0.1, 0.15) is 5.76 Å². The van der Waals surface area contributed by atoms with Crippen molar-refractivity contribution in [1.29, 1.82) is 0 Å². The summed E-state index contributed by atoms with van der Waals surface area (Å²) in [4.78, 5) is 29.3. The number of carbonyl (C=O) groups excluding carboxylic acids is 1. The van der Waals surface area contributed by atoms with Crippen molar-refractivity contribution in [1.82, 2.24) is 9.88 Å². The standard InChI is InChI=1S/C16H16N2O4/c1-2-13-14(17-9-22-13)15(19)18-6-5-10-3-4-11(16(20)21)7-12(10)8-18/h3-4,7,9H,2,5-6,8H2,1H3,(H,20,21). The van der Waals surface area contributed by atoms with Gasteiger partial charge < -0.3 is 14.4 Å². The van der Waals surface area contributed by atoms with Crippen LogP contribution in [0.15, 0.2) is 29.0 Å². The molecule has 6 nitrogen and oxygen atoms in total. The third-order valence-electron chi connectivity index (χ3n) is 3.92. The number of aryl methyl sites for hydroxylation is 1. The van der Waals surface area contributed by atoms with Gasteiger partial charge in [-0.15, -0.1) is 0 Å². The van der Waals surface area contributed by atoms with E-state index in [-0.39, 0.29) is 11.5 Å². The van der Waals surface area contributed by atoms with Gasteiger partial charge in [0.15, 0.2) is 12.1 Å². The number of amides is 1. The van der Waals surface area contributed by atoms with Gasteiger partial charge in [-0.05, 0) is 29.7 Å². The van der Waals surface area contributed by atoms with Gasteiger partial charge in [-0.2, -0.15) is 0 Å². The number of carbonyl (C=O) groups is 2. The molecule has 22 heavy (non-hydrogen) atoms. The van der Waals surface area contributed by atoms with Crippen LogP contribution in [0.2, 0.25) is 0 Å². The van der Waals surface area contributed by atoms with Crippen LogP contribution in [0.25, 0.3) is 0 Å². The molecular weight excluding hydrogens is 284 g/mol. The molecule has 2 heterocycles. The van der Waals surface area contributed by atoms with E-state index in [0.717, 1.165) is 11.1 Å². The second kappa shape index (κ2) is 5.63. The monoisotopic (exact) mass is 300 g/mol. The minimum atomic E-state index is -0.962. The maximum atomic E-state index is 12.6. The number of aromatic nitrogens is 1. The maximum Gasteiger partial charge on any atom is 0.335 e. The smallest absolute Gasteiger partial charge is 0.335 e. The van der Waals surface area contributed by atoms with E-state index in [1.54, 1.807) is 17.0 Å². The van der Waals surface area contributed by atoms with E-state index in [1.807, 2.05) is 13.0 Å². The van der Waals surface area contributed by atoms with Gasteiger partial charge in [0.05, 0.1) is 5.56 Å². The number of rotatable bonds is 3. The quantitative estimate of drug-likeness (QED) is 0.938. The Morgan fingerprint density at radius 3 is 2.91 bits per heavy atom. The second-order valence-electron chi connectivity index (χ2n) is 5.24. The summed E-state index contributed by atoms with van der Waals surface area (Å²) in [7, 11) is 0. The van der Waals surface area contributed by atoms with Gasteiger partial charge in [0.25, 0.3) is 5.91 Å². The van der Waals surface area contributed by atoms with Crippen LogP contribution in [0.1, 0.15) is 44.7 Å². The van der Waals surface area contributed by atoms with E-state index >= 15 is 0 Å². The summed E-state index contributed by atoms with van der Waals surface area (Å²) in [5.74, 6) is -0.553. The highest BCUT2D eigenvalue weighted by molar-refractivity contribution is 5.93. The van der Waals surface area contributed by atoms with Gasteiger partial charge in [-0.25, -0.2) is 9.78 Å². The first-order valence-electron chi connectivity index (χ1n) is 7.17. The fraction of sp³-hybridized carbons (Fsp3) is 0.312. The number of carboxylic acids is 1. The number of aromatic carboxylic acids is 1. The first-order chi connectivity index (χ1) is 10.6. The summed E-state index contributed by atoms with van der Waals surface area (Å²) in [6.45, 7) is 2.89. The Morgan fingerprint density at radius 2 is 2.18 bits per heavy atom. The molecule has 0 aliphatic carbocycles.